The minimum Gasteiger partial charge on any atom is -0.378 e. The molecule has 5 rings (SSSR count). The van der Waals surface area contributed by atoms with E-state index in [-0.39, 0.29) is 11.5 Å². The molecule has 1 aliphatic rings. The molecule has 0 unspecified atom stereocenters. The van der Waals surface area contributed by atoms with Gasteiger partial charge in [0.1, 0.15) is 5.82 Å². The van der Waals surface area contributed by atoms with Crippen molar-refractivity contribution in [3.63, 3.8) is 0 Å². The molecule has 1 saturated heterocycles. The van der Waals surface area contributed by atoms with Crippen LogP contribution in [0.2, 0.25) is 0 Å². The molecule has 1 fully saturated rings. The van der Waals surface area contributed by atoms with E-state index in [1.807, 2.05) is 36.1 Å². The number of aryl methyl sites for hydroxylation is 3. The number of hydrogen-bond acceptors (Lipinski definition) is 4. The zero-order chi connectivity index (χ0) is 28.8. The molecule has 6 heteroatoms. The molecule has 1 amide bonds. The maximum Gasteiger partial charge on any atom is 0.257 e. The van der Waals surface area contributed by atoms with Gasteiger partial charge in [-0.05, 0) is 66.6 Å². The highest BCUT2D eigenvalue weighted by atomic mass is 16.5. The summed E-state index contributed by atoms with van der Waals surface area (Å²) < 4.78 is 7.14. The van der Waals surface area contributed by atoms with Gasteiger partial charge in [0.15, 0.2) is 0 Å². The van der Waals surface area contributed by atoms with Gasteiger partial charge in [0.05, 0.1) is 25.5 Å². The van der Waals surface area contributed by atoms with Gasteiger partial charge in [-0.2, -0.15) is 0 Å². The number of aromatic nitrogens is 2. The minimum atomic E-state index is 0.0139. The molecule has 1 aliphatic heterocycles. The van der Waals surface area contributed by atoms with Crippen molar-refractivity contribution in [2.24, 2.45) is 0 Å². The summed E-state index contributed by atoms with van der Waals surface area (Å²) in [6, 6.07) is 24.5. The summed E-state index contributed by atoms with van der Waals surface area (Å²) in [7, 11) is 0. The number of morpholine rings is 1. The summed E-state index contributed by atoms with van der Waals surface area (Å²) in [6.45, 7) is 8.99. The smallest absolute Gasteiger partial charge is 0.257 e. The first-order chi connectivity index (χ1) is 19.9. The maximum absolute atomic E-state index is 13.9. The Balaban J connectivity index is 1.39. The van der Waals surface area contributed by atoms with Crippen molar-refractivity contribution in [3.05, 3.63) is 122 Å². The van der Waals surface area contributed by atoms with Crippen LogP contribution in [0.5, 0.6) is 0 Å². The van der Waals surface area contributed by atoms with Crippen LogP contribution < -0.4 is 5.56 Å². The molecule has 4 aromatic rings. The van der Waals surface area contributed by atoms with Crippen LogP contribution in [0.3, 0.4) is 0 Å². The summed E-state index contributed by atoms with van der Waals surface area (Å²) in [4.78, 5) is 33.6. The van der Waals surface area contributed by atoms with E-state index in [0.29, 0.717) is 50.7 Å². The van der Waals surface area contributed by atoms with E-state index in [1.54, 1.807) is 4.57 Å². The third-order valence-corrected chi connectivity index (χ3v) is 7.94. The predicted molar refractivity (Wildman–Crippen MR) is 164 cm³/mol. The molecule has 0 bridgehead atoms. The summed E-state index contributed by atoms with van der Waals surface area (Å²) in [5, 5.41) is 0. The maximum atomic E-state index is 13.9. The second-order valence-electron chi connectivity index (χ2n) is 10.9. The van der Waals surface area contributed by atoms with E-state index in [4.69, 9.17) is 9.72 Å². The van der Waals surface area contributed by atoms with Crippen LogP contribution in [0.15, 0.2) is 77.6 Å². The van der Waals surface area contributed by atoms with Gasteiger partial charge >= 0.3 is 0 Å². The number of nitrogens with zero attached hydrogens (tertiary/aromatic N) is 3. The van der Waals surface area contributed by atoms with Crippen molar-refractivity contribution in [2.45, 2.75) is 53.0 Å². The van der Waals surface area contributed by atoms with Gasteiger partial charge in [-0.15, -0.1) is 0 Å². The molecule has 1 aromatic heterocycles. The van der Waals surface area contributed by atoms with Crippen LogP contribution in [0, 0.1) is 13.8 Å². The molecular formula is C35H39N3O3. The van der Waals surface area contributed by atoms with E-state index in [2.05, 4.69) is 62.4 Å². The van der Waals surface area contributed by atoms with Crippen LogP contribution >= 0.6 is 0 Å². The van der Waals surface area contributed by atoms with Crippen LogP contribution in [-0.4, -0.2) is 46.7 Å². The highest BCUT2D eigenvalue weighted by molar-refractivity contribution is 5.94. The van der Waals surface area contributed by atoms with Gasteiger partial charge in [-0.25, -0.2) is 4.98 Å². The van der Waals surface area contributed by atoms with Crippen LogP contribution in [0.4, 0.5) is 0 Å². The number of ether oxygens (including phenoxy) is 1. The zero-order valence-electron chi connectivity index (χ0n) is 24.4. The summed E-state index contributed by atoms with van der Waals surface area (Å²) in [6.07, 6.45) is 3.38. The summed E-state index contributed by atoms with van der Waals surface area (Å²) in [5.41, 5.74) is 8.04. The molecule has 212 valence electrons. The van der Waals surface area contributed by atoms with Gasteiger partial charge in [-0.1, -0.05) is 74.0 Å². The monoisotopic (exact) mass is 549 g/mol. The normalized spacial score (nSPS) is 13.4. The first kappa shape index (κ1) is 28.5. The molecule has 0 aliphatic carbocycles. The average Bonchev–Trinajstić information content (AvgIpc) is 3.01. The SMILES string of the molecule is CCCCc1nc(C)n(Cc2ccc(C(=O)N3CCOCC3)cc2)c(=O)c1Cc1ccc(-c2ccccc2C)cc1. The molecule has 41 heavy (non-hydrogen) atoms. The Labute approximate surface area is 242 Å². The number of benzene rings is 3. The molecule has 6 nitrogen and oxygen atoms in total. The van der Waals surface area contributed by atoms with Gasteiger partial charge in [0.25, 0.3) is 11.5 Å². The lowest BCUT2D eigenvalue weighted by Crippen LogP contribution is -2.40. The Bertz CT molecular complexity index is 1550. The lowest BCUT2D eigenvalue weighted by atomic mass is 9.97. The Kier molecular flexibility index (Phi) is 9.10. The predicted octanol–water partition coefficient (Wildman–Crippen LogP) is 5.98. The van der Waals surface area contributed by atoms with Crippen LogP contribution in [0.25, 0.3) is 11.1 Å². The van der Waals surface area contributed by atoms with Crippen molar-refractivity contribution in [3.8, 4) is 11.1 Å². The second-order valence-corrected chi connectivity index (χ2v) is 10.9. The lowest BCUT2D eigenvalue weighted by molar-refractivity contribution is 0.0303. The molecule has 0 spiro atoms. The topological polar surface area (TPSA) is 64.4 Å². The van der Waals surface area contributed by atoms with Crippen molar-refractivity contribution < 1.29 is 9.53 Å². The largest absolute Gasteiger partial charge is 0.378 e. The van der Waals surface area contributed by atoms with Crippen molar-refractivity contribution in [2.75, 3.05) is 26.3 Å². The standard InChI is InChI=1S/C35H39N3O3/c1-4-5-10-33-32(23-27-11-15-29(16-12-27)31-9-7-6-8-25(31)2)35(40)38(26(3)36-33)24-28-13-17-30(18-14-28)34(39)37-19-21-41-22-20-37/h6-9,11-18H,4-5,10,19-24H2,1-3H3. The Morgan fingerprint density at radius 2 is 1.59 bits per heavy atom. The van der Waals surface area contributed by atoms with E-state index in [1.165, 1.54) is 16.7 Å². The Morgan fingerprint density at radius 1 is 0.902 bits per heavy atom. The van der Waals surface area contributed by atoms with Gasteiger partial charge < -0.3 is 9.64 Å². The number of carbonyl (C=O) groups excluding carboxylic acids is 1. The van der Waals surface area contributed by atoms with Gasteiger partial charge in [0.2, 0.25) is 0 Å². The summed E-state index contributed by atoms with van der Waals surface area (Å²) >= 11 is 0. The van der Waals surface area contributed by atoms with E-state index < -0.39 is 0 Å². The first-order valence-corrected chi connectivity index (χ1v) is 14.6. The summed E-state index contributed by atoms with van der Waals surface area (Å²) in [5.74, 6) is 0.735. The fourth-order valence-corrected chi connectivity index (χ4v) is 5.46. The molecular weight excluding hydrogens is 510 g/mol. The number of amides is 1. The molecule has 0 N–H and O–H groups in total. The number of unbranched alkanes of at least 4 members (excludes halogenated alkanes) is 1. The van der Waals surface area contributed by atoms with E-state index in [9.17, 15) is 9.59 Å². The fraction of sp³-hybridized carbons (Fsp3) is 0.343. The van der Waals surface area contributed by atoms with Gasteiger partial charge in [-0.3, -0.25) is 14.2 Å². The molecule has 0 atom stereocenters. The lowest BCUT2D eigenvalue weighted by Gasteiger charge is -2.26. The van der Waals surface area contributed by atoms with Crippen molar-refractivity contribution in [1.82, 2.24) is 14.5 Å². The average molecular weight is 550 g/mol. The highest BCUT2D eigenvalue weighted by Gasteiger charge is 2.19. The molecule has 0 saturated carbocycles. The van der Waals surface area contributed by atoms with E-state index >= 15 is 0 Å². The number of rotatable bonds is 9. The third-order valence-electron chi connectivity index (χ3n) is 7.94. The fourth-order valence-electron chi connectivity index (χ4n) is 5.46. The third kappa shape index (κ3) is 6.66. The zero-order valence-corrected chi connectivity index (χ0v) is 24.4. The molecule has 2 heterocycles. The first-order valence-electron chi connectivity index (χ1n) is 14.6. The van der Waals surface area contributed by atoms with Crippen molar-refractivity contribution >= 4 is 5.91 Å². The van der Waals surface area contributed by atoms with Crippen LogP contribution in [0.1, 0.15) is 63.9 Å². The van der Waals surface area contributed by atoms with Crippen LogP contribution in [-0.2, 0) is 24.1 Å². The Morgan fingerprint density at radius 3 is 2.27 bits per heavy atom. The Hall–Kier alpha value is -4.03. The number of hydrogen-bond donors (Lipinski definition) is 0. The minimum absolute atomic E-state index is 0.0139. The molecule has 3 aromatic carbocycles. The molecule has 0 radical (unpaired) electrons. The van der Waals surface area contributed by atoms with E-state index in [0.717, 1.165) is 41.6 Å². The second kappa shape index (κ2) is 13.1. The number of carbonyl (C=O) groups is 1. The highest BCUT2D eigenvalue weighted by Crippen LogP contribution is 2.24. The van der Waals surface area contributed by atoms with Gasteiger partial charge in [0, 0.05) is 30.6 Å². The van der Waals surface area contributed by atoms with Crippen molar-refractivity contribution in [1.29, 1.82) is 0 Å². The quantitative estimate of drug-likeness (QED) is 0.258.